The zero-order chi connectivity index (χ0) is 19.8. The second kappa shape index (κ2) is 9.55. The third-order valence-electron chi connectivity index (χ3n) is 3.41. The highest BCUT2D eigenvalue weighted by Crippen LogP contribution is 2.22. The summed E-state index contributed by atoms with van der Waals surface area (Å²) in [5.41, 5.74) is 1.35. The topological polar surface area (TPSA) is 85.6 Å². The Morgan fingerprint density at radius 3 is 2.63 bits per heavy atom. The van der Waals surface area contributed by atoms with Gasteiger partial charge < -0.3 is 14.2 Å². The van der Waals surface area contributed by atoms with E-state index in [4.69, 9.17) is 14.7 Å². The van der Waals surface area contributed by atoms with E-state index >= 15 is 0 Å². The Bertz CT molecular complexity index is 930. The maximum absolute atomic E-state index is 12.0. The van der Waals surface area contributed by atoms with Crippen LogP contribution in [0, 0.1) is 18.3 Å². The Morgan fingerprint density at radius 2 is 1.96 bits per heavy atom. The van der Waals surface area contributed by atoms with Gasteiger partial charge in [-0.15, -0.1) is 0 Å². The molecule has 7 heteroatoms. The summed E-state index contributed by atoms with van der Waals surface area (Å²) in [4.78, 5) is 23.4. The Labute approximate surface area is 165 Å². The first kappa shape index (κ1) is 20.2. The van der Waals surface area contributed by atoms with Crippen LogP contribution < -0.4 is 9.47 Å². The second-order valence-corrected chi connectivity index (χ2v) is 6.26. The Hall–Kier alpha value is -3.11. The number of rotatable bonds is 6. The quantitative estimate of drug-likeness (QED) is 0.300. The lowest BCUT2D eigenvalue weighted by atomic mass is 10.1. The largest absolute Gasteiger partial charge is 0.482 e. The molecule has 0 atom stereocenters. The first-order chi connectivity index (χ1) is 12.9. The van der Waals surface area contributed by atoms with Crippen LogP contribution in [0.2, 0.25) is 0 Å². The van der Waals surface area contributed by atoms with Crippen LogP contribution in [0.25, 0.3) is 6.08 Å². The molecule has 0 amide bonds. The van der Waals surface area contributed by atoms with Crippen molar-refractivity contribution in [3.63, 3.8) is 0 Å². The van der Waals surface area contributed by atoms with E-state index in [2.05, 4.69) is 20.7 Å². The minimum Gasteiger partial charge on any atom is -0.482 e. The van der Waals surface area contributed by atoms with Crippen LogP contribution in [0.5, 0.6) is 11.5 Å². The van der Waals surface area contributed by atoms with E-state index < -0.39 is 11.9 Å². The van der Waals surface area contributed by atoms with Crippen molar-refractivity contribution in [2.75, 3.05) is 13.7 Å². The molecule has 0 saturated heterocycles. The molecule has 0 bridgehead atoms. The number of benzene rings is 2. The summed E-state index contributed by atoms with van der Waals surface area (Å²) in [5.74, 6) is -0.490. The maximum atomic E-state index is 12.0. The highest BCUT2D eigenvalue weighted by Gasteiger charge is 2.10. The lowest BCUT2D eigenvalue weighted by Gasteiger charge is -2.08. The van der Waals surface area contributed by atoms with Gasteiger partial charge in [-0.2, -0.15) is 5.26 Å². The van der Waals surface area contributed by atoms with Gasteiger partial charge in [-0.25, -0.2) is 9.59 Å². The lowest BCUT2D eigenvalue weighted by molar-refractivity contribution is -0.137. The SMILES string of the molecule is COC(=O)/C(C#N)=C/c1cccc(OC(=O)COc2ccc(Br)c(C)c2)c1. The fraction of sp³-hybridized carbons (Fsp3) is 0.150. The van der Waals surface area contributed by atoms with E-state index in [9.17, 15) is 9.59 Å². The number of methoxy groups -OCH3 is 1. The van der Waals surface area contributed by atoms with Gasteiger partial charge in [-0.05, 0) is 54.5 Å². The van der Waals surface area contributed by atoms with Crippen molar-refractivity contribution in [3.05, 3.63) is 63.6 Å². The molecule has 138 valence electrons. The fourth-order valence-electron chi connectivity index (χ4n) is 2.09. The maximum Gasteiger partial charge on any atom is 0.349 e. The smallest absolute Gasteiger partial charge is 0.349 e. The number of hydrogen-bond acceptors (Lipinski definition) is 6. The van der Waals surface area contributed by atoms with Crippen LogP contribution in [0.1, 0.15) is 11.1 Å². The predicted octanol–water partition coefficient (Wildman–Crippen LogP) is 3.82. The molecule has 0 saturated carbocycles. The molecule has 0 N–H and O–H groups in total. The average Bonchev–Trinajstić information content (AvgIpc) is 2.66. The molecule has 0 aliphatic heterocycles. The summed E-state index contributed by atoms with van der Waals surface area (Å²) in [5, 5.41) is 8.99. The number of nitrogens with zero attached hydrogens (tertiary/aromatic N) is 1. The molecule has 2 rings (SSSR count). The van der Waals surface area contributed by atoms with E-state index in [-0.39, 0.29) is 17.9 Å². The summed E-state index contributed by atoms with van der Waals surface area (Å²) >= 11 is 3.40. The van der Waals surface area contributed by atoms with Gasteiger partial charge in [-0.1, -0.05) is 28.1 Å². The lowest BCUT2D eigenvalue weighted by Crippen LogP contribution is -2.17. The van der Waals surface area contributed by atoms with Crippen LogP contribution in [0.15, 0.2) is 52.5 Å². The Balaban J connectivity index is 2.01. The van der Waals surface area contributed by atoms with Gasteiger partial charge in [0.15, 0.2) is 6.61 Å². The number of ether oxygens (including phenoxy) is 3. The van der Waals surface area contributed by atoms with Crippen molar-refractivity contribution in [1.29, 1.82) is 5.26 Å². The van der Waals surface area contributed by atoms with Crippen molar-refractivity contribution in [3.8, 4) is 17.6 Å². The Morgan fingerprint density at radius 1 is 1.19 bits per heavy atom. The summed E-state index contributed by atoms with van der Waals surface area (Å²) in [7, 11) is 1.19. The molecule has 0 aliphatic carbocycles. The summed E-state index contributed by atoms with van der Waals surface area (Å²) in [6.07, 6.45) is 1.35. The van der Waals surface area contributed by atoms with Crippen LogP contribution >= 0.6 is 15.9 Å². The number of hydrogen-bond donors (Lipinski definition) is 0. The van der Waals surface area contributed by atoms with Crippen molar-refractivity contribution in [2.24, 2.45) is 0 Å². The molecule has 2 aromatic rings. The van der Waals surface area contributed by atoms with Gasteiger partial charge in [0, 0.05) is 4.47 Å². The molecule has 0 aliphatic rings. The molecule has 0 fully saturated rings. The molecular formula is C20H16BrNO5. The number of esters is 2. The predicted molar refractivity (Wildman–Crippen MR) is 102 cm³/mol. The van der Waals surface area contributed by atoms with Crippen molar-refractivity contribution in [1.82, 2.24) is 0 Å². The molecular weight excluding hydrogens is 414 g/mol. The van der Waals surface area contributed by atoms with Gasteiger partial charge in [-0.3, -0.25) is 0 Å². The van der Waals surface area contributed by atoms with Crippen LogP contribution in [0.3, 0.4) is 0 Å². The molecule has 0 radical (unpaired) electrons. The first-order valence-corrected chi connectivity index (χ1v) is 8.62. The van der Waals surface area contributed by atoms with Gasteiger partial charge in [0.05, 0.1) is 7.11 Å². The van der Waals surface area contributed by atoms with E-state index in [0.717, 1.165) is 10.0 Å². The molecule has 0 unspecified atom stereocenters. The van der Waals surface area contributed by atoms with Gasteiger partial charge in [0.2, 0.25) is 0 Å². The summed E-state index contributed by atoms with van der Waals surface area (Å²) in [6.45, 7) is 1.66. The number of halogens is 1. The summed E-state index contributed by atoms with van der Waals surface area (Å²) in [6, 6.07) is 13.6. The number of aryl methyl sites for hydroxylation is 1. The van der Waals surface area contributed by atoms with Gasteiger partial charge in [0.25, 0.3) is 0 Å². The van der Waals surface area contributed by atoms with Crippen LogP contribution in [0.4, 0.5) is 0 Å². The zero-order valence-corrected chi connectivity index (χ0v) is 16.3. The third-order valence-corrected chi connectivity index (χ3v) is 4.30. The highest BCUT2D eigenvalue weighted by atomic mass is 79.9. The van der Waals surface area contributed by atoms with Crippen LogP contribution in [-0.2, 0) is 14.3 Å². The van der Waals surface area contributed by atoms with Crippen LogP contribution in [-0.4, -0.2) is 25.7 Å². The highest BCUT2D eigenvalue weighted by molar-refractivity contribution is 9.10. The van der Waals surface area contributed by atoms with E-state index in [0.29, 0.717) is 11.3 Å². The molecule has 2 aromatic carbocycles. The first-order valence-electron chi connectivity index (χ1n) is 7.82. The van der Waals surface area contributed by atoms with Gasteiger partial charge in [0.1, 0.15) is 23.1 Å². The molecule has 0 aromatic heterocycles. The van der Waals surface area contributed by atoms with Crippen molar-refractivity contribution < 1.29 is 23.8 Å². The molecule has 0 heterocycles. The van der Waals surface area contributed by atoms with Crippen molar-refractivity contribution >= 4 is 33.9 Å². The third kappa shape index (κ3) is 5.97. The number of nitriles is 1. The standard InChI is InChI=1S/C20H16BrNO5/c1-13-8-16(6-7-18(13)21)26-12-19(23)27-17-5-3-4-14(10-17)9-15(11-22)20(24)25-2/h3-10H,12H2,1-2H3/b15-9+. The number of carbonyl (C=O) groups is 2. The minimum absolute atomic E-state index is 0.157. The zero-order valence-electron chi connectivity index (χ0n) is 14.7. The summed E-state index contributed by atoms with van der Waals surface area (Å²) < 4.78 is 16.1. The van der Waals surface area contributed by atoms with Gasteiger partial charge >= 0.3 is 11.9 Å². The van der Waals surface area contributed by atoms with E-state index in [1.165, 1.54) is 19.3 Å². The average molecular weight is 430 g/mol. The molecule has 27 heavy (non-hydrogen) atoms. The minimum atomic E-state index is -0.738. The fourth-order valence-corrected chi connectivity index (χ4v) is 2.34. The number of carbonyl (C=O) groups excluding carboxylic acids is 2. The molecule has 0 spiro atoms. The Kier molecular flexibility index (Phi) is 7.15. The van der Waals surface area contributed by atoms with E-state index in [1.807, 2.05) is 13.0 Å². The van der Waals surface area contributed by atoms with Crippen molar-refractivity contribution in [2.45, 2.75) is 6.92 Å². The van der Waals surface area contributed by atoms with E-state index in [1.54, 1.807) is 36.4 Å². The second-order valence-electron chi connectivity index (χ2n) is 5.41. The monoisotopic (exact) mass is 429 g/mol. The normalized spacial score (nSPS) is 10.7. The molecule has 6 nitrogen and oxygen atoms in total.